The molecule has 1 aliphatic carbocycles. The molecule has 0 spiro atoms. The van der Waals surface area contributed by atoms with Crippen molar-refractivity contribution in [1.29, 1.82) is 0 Å². The number of nitrogens with one attached hydrogen (secondary N) is 1. The van der Waals surface area contributed by atoms with Crippen molar-refractivity contribution in [2.24, 2.45) is 11.7 Å². The lowest BCUT2D eigenvalue weighted by atomic mass is 10.0. The molecule has 2 unspecified atom stereocenters. The second-order valence-corrected chi connectivity index (χ2v) is 6.57. The van der Waals surface area contributed by atoms with Gasteiger partial charge in [0, 0.05) is 22.7 Å². The molecule has 3 N–H and O–H groups in total. The van der Waals surface area contributed by atoms with Gasteiger partial charge < -0.3 is 11.1 Å². The van der Waals surface area contributed by atoms with Crippen molar-refractivity contribution in [2.75, 3.05) is 11.9 Å². The molecular weight excluding hydrogens is 266 g/mol. The molecule has 2 atom stereocenters. The lowest BCUT2D eigenvalue weighted by Crippen LogP contribution is -2.29. The van der Waals surface area contributed by atoms with Crippen LogP contribution in [0.25, 0.3) is 11.3 Å². The quantitative estimate of drug-likeness (QED) is 0.902. The number of benzene rings is 1. The van der Waals surface area contributed by atoms with Crippen molar-refractivity contribution >= 4 is 17.0 Å². The molecule has 0 bridgehead atoms. The number of aryl methyl sites for hydroxylation is 1. The maximum Gasteiger partial charge on any atom is 0.0901 e. The zero-order valence-corrected chi connectivity index (χ0v) is 12.6. The van der Waals surface area contributed by atoms with Crippen molar-refractivity contribution in [3.05, 3.63) is 34.7 Å². The molecule has 3 rings (SSSR count). The van der Waals surface area contributed by atoms with Crippen LogP contribution in [-0.2, 0) is 0 Å². The topological polar surface area (TPSA) is 50.9 Å². The summed E-state index contributed by atoms with van der Waals surface area (Å²) in [6, 6.07) is 9.06. The molecule has 0 amide bonds. The Kier molecular flexibility index (Phi) is 4.03. The van der Waals surface area contributed by atoms with Gasteiger partial charge in [-0.3, -0.25) is 0 Å². The van der Waals surface area contributed by atoms with Crippen LogP contribution in [0.1, 0.15) is 24.3 Å². The zero-order chi connectivity index (χ0) is 13.9. The van der Waals surface area contributed by atoms with E-state index in [0.717, 1.165) is 17.2 Å². The van der Waals surface area contributed by atoms with E-state index in [2.05, 4.69) is 39.9 Å². The van der Waals surface area contributed by atoms with E-state index in [-0.39, 0.29) is 0 Å². The SMILES string of the molecule is Cc1nc(-c2cccc(NC3CCCC3CN)c2)cs1. The Labute approximate surface area is 124 Å². The predicted octanol–water partition coefficient (Wildman–Crippen LogP) is 3.66. The number of nitrogens with zero attached hydrogens (tertiary/aromatic N) is 1. The number of aromatic nitrogens is 1. The standard InChI is InChI=1S/C16H21N3S/c1-11-18-16(10-20-11)12-4-2-6-14(8-12)19-15-7-3-5-13(15)9-17/h2,4,6,8,10,13,15,19H,3,5,7,9,17H2,1H3. The summed E-state index contributed by atoms with van der Waals surface area (Å²) in [6.45, 7) is 2.82. The number of anilines is 1. The average molecular weight is 287 g/mol. The van der Waals surface area contributed by atoms with Crippen LogP contribution < -0.4 is 11.1 Å². The molecule has 1 aromatic heterocycles. The lowest BCUT2D eigenvalue weighted by Gasteiger charge is -2.21. The van der Waals surface area contributed by atoms with Gasteiger partial charge in [0.05, 0.1) is 10.7 Å². The summed E-state index contributed by atoms with van der Waals surface area (Å²) >= 11 is 1.69. The Hall–Kier alpha value is -1.39. The third-order valence-electron chi connectivity index (χ3n) is 4.09. The van der Waals surface area contributed by atoms with Crippen LogP contribution in [0.15, 0.2) is 29.6 Å². The average Bonchev–Trinajstić information content (AvgIpc) is 3.08. The second kappa shape index (κ2) is 5.94. The van der Waals surface area contributed by atoms with E-state index in [0.29, 0.717) is 12.0 Å². The van der Waals surface area contributed by atoms with E-state index >= 15 is 0 Å². The van der Waals surface area contributed by atoms with Crippen LogP contribution >= 0.6 is 11.3 Å². The molecule has 0 aliphatic heterocycles. The van der Waals surface area contributed by atoms with Crippen molar-refractivity contribution in [1.82, 2.24) is 4.98 Å². The maximum atomic E-state index is 5.85. The first kappa shape index (κ1) is 13.6. The van der Waals surface area contributed by atoms with Crippen LogP contribution in [0.2, 0.25) is 0 Å². The molecule has 0 radical (unpaired) electrons. The Balaban J connectivity index is 1.77. The first-order chi connectivity index (χ1) is 9.76. The predicted molar refractivity (Wildman–Crippen MR) is 86.1 cm³/mol. The summed E-state index contributed by atoms with van der Waals surface area (Å²) < 4.78 is 0. The van der Waals surface area contributed by atoms with E-state index in [1.165, 1.54) is 30.5 Å². The number of nitrogens with two attached hydrogens (primary N) is 1. The van der Waals surface area contributed by atoms with Gasteiger partial charge in [0.2, 0.25) is 0 Å². The lowest BCUT2D eigenvalue weighted by molar-refractivity contribution is 0.516. The summed E-state index contributed by atoms with van der Waals surface area (Å²) in [5, 5.41) is 6.88. The molecule has 3 nitrogen and oxygen atoms in total. The van der Waals surface area contributed by atoms with E-state index in [4.69, 9.17) is 5.73 Å². The molecule has 1 fully saturated rings. The monoisotopic (exact) mass is 287 g/mol. The molecule has 1 heterocycles. The molecule has 1 aliphatic rings. The third-order valence-corrected chi connectivity index (χ3v) is 4.86. The van der Waals surface area contributed by atoms with Crippen molar-refractivity contribution in [3.63, 3.8) is 0 Å². The molecular formula is C16H21N3S. The van der Waals surface area contributed by atoms with Crippen LogP contribution in [0.5, 0.6) is 0 Å². The Morgan fingerprint density at radius 1 is 1.40 bits per heavy atom. The normalized spacial score (nSPS) is 22.1. The first-order valence-corrected chi connectivity index (χ1v) is 8.13. The van der Waals surface area contributed by atoms with Crippen LogP contribution in [-0.4, -0.2) is 17.6 Å². The highest BCUT2D eigenvalue weighted by molar-refractivity contribution is 7.09. The van der Waals surface area contributed by atoms with Gasteiger partial charge in [0.25, 0.3) is 0 Å². The minimum Gasteiger partial charge on any atom is -0.382 e. The minimum atomic E-state index is 0.521. The van der Waals surface area contributed by atoms with Gasteiger partial charge >= 0.3 is 0 Å². The van der Waals surface area contributed by atoms with Crippen molar-refractivity contribution < 1.29 is 0 Å². The van der Waals surface area contributed by atoms with Crippen LogP contribution in [0.3, 0.4) is 0 Å². The number of thiazole rings is 1. The van der Waals surface area contributed by atoms with Gasteiger partial charge in [-0.15, -0.1) is 11.3 Å². The molecule has 4 heteroatoms. The number of hydrogen-bond donors (Lipinski definition) is 2. The van der Waals surface area contributed by atoms with Crippen LogP contribution in [0, 0.1) is 12.8 Å². The highest BCUT2D eigenvalue weighted by Crippen LogP contribution is 2.29. The fourth-order valence-electron chi connectivity index (χ4n) is 2.99. The second-order valence-electron chi connectivity index (χ2n) is 5.51. The van der Waals surface area contributed by atoms with Gasteiger partial charge in [0.1, 0.15) is 0 Å². The third kappa shape index (κ3) is 2.86. The van der Waals surface area contributed by atoms with Gasteiger partial charge in [0.15, 0.2) is 0 Å². The van der Waals surface area contributed by atoms with E-state index in [1.54, 1.807) is 11.3 Å². The minimum absolute atomic E-state index is 0.521. The Morgan fingerprint density at radius 3 is 3.05 bits per heavy atom. The van der Waals surface area contributed by atoms with Crippen molar-refractivity contribution in [3.8, 4) is 11.3 Å². The zero-order valence-electron chi connectivity index (χ0n) is 11.8. The fraction of sp³-hybridized carbons (Fsp3) is 0.438. The molecule has 106 valence electrons. The number of rotatable bonds is 4. The number of hydrogen-bond acceptors (Lipinski definition) is 4. The highest BCUT2D eigenvalue weighted by Gasteiger charge is 2.25. The van der Waals surface area contributed by atoms with E-state index < -0.39 is 0 Å². The molecule has 1 saturated carbocycles. The Bertz CT molecular complexity index is 579. The summed E-state index contributed by atoms with van der Waals surface area (Å²) in [7, 11) is 0. The molecule has 1 aromatic carbocycles. The smallest absolute Gasteiger partial charge is 0.0901 e. The van der Waals surface area contributed by atoms with Gasteiger partial charge in [-0.25, -0.2) is 4.98 Å². The summed E-state index contributed by atoms with van der Waals surface area (Å²) in [6.07, 6.45) is 3.76. The van der Waals surface area contributed by atoms with Gasteiger partial charge in [-0.2, -0.15) is 0 Å². The first-order valence-electron chi connectivity index (χ1n) is 7.25. The highest BCUT2D eigenvalue weighted by atomic mass is 32.1. The summed E-state index contributed by atoms with van der Waals surface area (Å²) in [4.78, 5) is 4.56. The summed E-state index contributed by atoms with van der Waals surface area (Å²) in [5.74, 6) is 0.611. The van der Waals surface area contributed by atoms with Gasteiger partial charge in [-0.05, 0) is 44.4 Å². The van der Waals surface area contributed by atoms with Gasteiger partial charge in [-0.1, -0.05) is 18.6 Å². The summed E-state index contributed by atoms with van der Waals surface area (Å²) in [5.41, 5.74) is 9.28. The molecule has 2 aromatic rings. The van der Waals surface area contributed by atoms with E-state index in [1.807, 2.05) is 6.92 Å². The maximum absolute atomic E-state index is 5.85. The molecule has 0 saturated heterocycles. The van der Waals surface area contributed by atoms with Crippen LogP contribution in [0.4, 0.5) is 5.69 Å². The fourth-order valence-corrected chi connectivity index (χ4v) is 3.61. The largest absolute Gasteiger partial charge is 0.382 e. The molecule has 20 heavy (non-hydrogen) atoms. The van der Waals surface area contributed by atoms with E-state index in [9.17, 15) is 0 Å². The van der Waals surface area contributed by atoms with Crippen molar-refractivity contribution in [2.45, 2.75) is 32.2 Å². The Morgan fingerprint density at radius 2 is 2.30 bits per heavy atom.